The second kappa shape index (κ2) is 11.2. The minimum absolute atomic E-state index is 0.103. The molecule has 1 heterocycles. The highest BCUT2D eigenvalue weighted by Gasteiger charge is 2.35. The summed E-state index contributed by atoms with van der Waals surface area (Å²) in [5, 5.41) is 2.43. The van der Waals surface area contributed by atoms with Crippen LogP contribution in [0.15, 0.2) is 173 Å². The molecule has 1 aromatic heterocycles. The van der Waals surface area contributed by atoms with Gasteiger partial charge in [0.05, 0.1) is 5.39 Å². The normalized spacial score (nSPS) is 12.9. The van der Waals surface area contributed by atoms with Gasteiger partial charge in [-0.1, -0.05) is 123 Å². The molecule has 0 N–H and O–H groups in total. The van der Waals surface area contributed by atoms with E-state index in [9.17, 15) is 4.79 Å². The van der Waals surface area contributed by atoms with Gasteiger partial charge in [-0.25, -0.2) is 4.79 Å². The molecule has 0 spiro atoms. The van der Waals surface area contributed by atoms with Crippen molar-refractivity contribution in [2.75, 3.05) is 4.90 Å². The van der Waals surface area contributed by atoms with E-state index < -0.39 is 0 Å². The molecule has 0 radical (unpaired) electrons. The number of nitrogens with zero attached hydrogens (tertiary/aromatic N) is 1. The molecule has 0 atom stereocenters. The maximum absolute atomic E-state index is 12.6. The monoisotopic (exact) mass is 631 g/mol. The summed E-state index contributed by atoms with van der Waals surface area (Å²) in [7, 11) is 0. The zero-order chi connectivity index (χ0) is 33.1. The smallest absolute Gasteiger partial charge is 0.344 e. The minimum Gasteiger partial charge on any atom is -0.422 e. The maximum atomic E-state index is 12.6. The lowest BCUT2D eigenvalue weighted by Crippen LogP contribution is -2.16. The average Bonchev–Trinajstić information content (AvgIpc) is 3.38. The summed E-state index contributed by atoms with van der Waals surface area (Å²) in [6.07, 6.45) is 0. The van der Waals surface area contributed by atoms with E-state index >= 15 is 0 Å². The van der Waals surface area contributed by atoms with Crippen LogP contribution in [0, 0.1) is 0 Å². The van der Waals surface area contributed by atoms with E-state index in [2.05, 4.69) is 146 Å². The summed E-state index contributed by atoms with van der Waals surface area (Å²) >= 11 is 0. The van der Waals surface area contributed by atoms with E-state index in [1.807, 2.05) is 36.4 Å². The topological polar surface area (TPSA) is 33.5 Å². The molecule has 0 unspecified atom stereocenters. The molecule has 0 saturated heterocycles. The number of fused-ring (bicyclic) bond motifs is 6. The number of hydrogen-bond acceptors (Lipinski definition) is 3. The van der Waals surface area contributed by atoms with Crippen molar-refractivity contribution in [1.29, 1.82) is 0 Å². The largest absolute Gasteiger partial charge is 0.422 e. The Morgan fingerprint density at radius 2 is 1.00 bits per heavy atom. The van der Waals surface area contributed by atoms with Gasteiger partial charge in [0, 0.05) is 27.9 Å². The van der Waals surface area contributed by atoms with Crippen molar-refractivity contribution < 1.29 is 4.42 Å². The first-order valence-electron chi connectivity index (χ1n) is 16.7. The van der Waals surface area contributed by atoms with Gasteiger partial charge in [0.15, 0.2) is 0 Å². The number of hydrogen-bond donors (Lipinski definition) is 0. The van der Waals surface area contributed by atoms with Gasteiger partial charge in [0.25, 0.3) is 0 Å². The van der Waals surface area contributed by atoms with Crippen LogP contribution in [0.4, 0.5) is 17.1 Å². The molecule has 0 amide bonds. The van der Waals surface area contributed by atoms with Crippen LogP contribution < -0.4 is 10.5 Å². The molecular weight excluding hydrogens is 599 g/mol. The quantitative estimate of drug-likeness (QED) is 0.140. The molecule has 1 aliphatic rings. The molecule has 8 aromatic rings. The molecule has 3 nitrogen and oxygen atoms in total. The van der Waals surface area contributed by atoms with Crippen LogP contribution in [-0.4, -0.2) is 0 Å². The van der Waals surface area contributed by atoms with Crippen molar-refractivity contribution >= 4 is 38.8 Å². The van der Waals surface area contributed by atoms with Crippen molar-refractivity contribution in [3.8, 4) is 33.4 Å². The summed E-state index contributed by atoms with van der Waals surface area (Å²) in [5.41, 5.74) is 13.3. The van der Waals surface area contributed by atoms with Crippen LogP contribution in [0.5, 0.6) is 0 Å². The Bertz CT molecular complexity index is 2580. The van der Waals surface area contributed by atoms with Crippen LogP contribution in [0.25, 0.3) is 55.1 Å². The molecule has 1 aliphatic carbocycles. The van der Waals surface area contributed by atoms with Crippen LogP contribution in [0.2, 0.25) is 0 Å². The fourth-order valence-corrected chi connectivity index (χ4v) is 7.57. The van der Waals surface area contributed by atoms with E-state index in [-0.39, 0.29) is 11.0 Å². The molecule has 7 aromatic carbocycles. The van der Waals surface area contributed by atoms with Gasteiger partial charge < -0.3 is 9.32 Å². The van der Waals surface area contributed by atoms with Crippen molar-refractivity contribution in [2.45, 2.75) is 19.3 Å². The zero-order valence-corrected chi connectivity index (χ0v) is 27.4. The fraction of sp³-hybridized carbons (Fsp3) is 0.0652. The van der Waals surface area contributed by atoms with Crippen molar-refractivity contribution in [3.63, 3.8) is 0 Å². The molecule has 0 bridgehead atoms. The standard InChI is InChI=1S/C46H33NO2/c1-46(2)42-15-9-8-13-38(42)39-26-25-36(29-43(39)46)47(34-21-16-31(17-22-34)30-10-4-3-5-11-30)35-23-18-32(19-24-35)33-20-27-44-41(28-33)37-12-6-7-14-40(37)45(48)49-44/h3-29H,1-2H3. The summed E-state index contributed by atoms with van der Waals surface area (Å²) in [4.78, 5) is 14.9. The summed E-state index contributed by atoms with van der Waals surface area (Å²) in [6, 6.07) is 57.5. The van der Waals surface area contributed by atoms with E-state index in [0.717, 1.165) is 39.0 Å². The van der Waals surface area contributed by atoms with Gasteiger partial charge >= 0.3 is 5.63 Å². The minimum atomic E-state index is -0.309. The lowest BCUT2D eigenvalue weighted by atomic mass is 9.82. The molecular formula is C46H33NO2. The second-order valence-electron chi connectivity index (χ2n) is 13.3. The maximum Gasteiger partial charge on any atom is 0.344 e. The first-order valence-corrected chi connectivity index (χ1v) is 16.7. The molecule has 3 heteroatoms. The van der Waals surface area contributed by atoms with Crippen LogP contribution >= 0.6 is 0 Å². The van der Waals surface area contributed by atoms with E-state index in [0.29, 0.717) is 11.0 Å². The number of anilines is 3. The van der Waals surface area contributed by atoms with Gasteiger partial charge in [-0.15, -0.1) is 0 Å². The fourth-order valence-electron chi connectivity index (χ4n) is 7.57. The Hall–Kier alpha value is -6.19. The third kappa shape index (κ3) is 4.77. The Kier molecular flexibility index (Phi) is 6.63. The molecule has 9 rings (SSSR count). The first kappa shape index (κ1) is 29.0. The molecule has 49 heavy (non-hydrogen) atoms. The van der Waals surface area contributed by atoms with E-state index in [4.69, 9.17) is 4.42 Å². The van der Waals surface area contributed by atoms with Gasteiger partial charge in [0.2, 0.25) is 0 Å². The Labute approximate surface area is 285 Å². The number of rotatable bonds is 5. The van der Waals surface area contributed by atoms with Crippen LogP contribution in [0.3, 0.4) is 0 Å². The molecule has 234 valence electrons. The van der Waals surface area contributed by atoms with Crippen LogP contribution in [-0.2, 0) is 5.41 Å². The highest BCUT2D eigenvalue weighted by molar-refractivity contribution is 6.05. The molecule has 0 aliphatic heterocycles. The summed E-state index contributed by atoms with van der Waals surface area (Å²) in [6.45, 7) is 4.65. The highest BCUT2D eigenvalue weighted by atomic mass is 16.4. The van der Waals surface area contributed by atoms with E-state index in [1.165, 1.54) is 33.4 Å². The average molecular weight is 632 g/mol. The van der Waals surface area contributed by atoms with Gasteiger partial charge in [-0.05, 0) is 104 Å². The van der Waals surface area contributed by atoms with E-state index in [1.54, 1.807) is 0 Å². The zero-order valence-electron chi connectivity index (χ0n) is 27.4. The lowest BCUT2D eigenvalue weighted by Gasteiger charge is -2.28. The van der Waals surface area contributed by atoms with Crippen molar-refractivity contribution in [2.24, 2.45) is 0 Å². The Morgan fingerprint density at radius 1 is 0.449 bits per heavy atom. The van der Waals surface area contributed by atoms with Gasteiger partial charge in [-0.3, -0.25) is 0 Å². The first-order chi connectivity index (χ1) is 24.0. The number of benzene rings is 7. The summed E-state index contributed by atoms with van der Waals surface area (Å²) < 4.78 is 5.66. The lowest BCUT2D eigenvalue weighted by molar-refractivity contribution is 0.569. The third-order valence-corrected chi connectivity index (χ3v) is 10.1. The predicted molar refractivity (Wildman–Crippen MR) is 203 cm³/mol. The second-order valence-corrected chi connectivity index (χ2v) is 13.3. The molecule has 0 saturated carbocycles. The summed E-state index contributed by atoms with van der Waals surface area (Å²) in [5.74, 6) is 0. The van der Waals surface area contributed by atoms with Crippen molar-refractivity contribution in [1.82, 2.24) is 0 Å². The molecule has 0 fully saturated rings. The van der Waals surface area contributed by atoms with Crippen molar-refractivity contribution in [3.05, 3.63) is 185 Å². The Morgan fingerprint density at radius 3 is 1.73 bits per heavy atom. The van der Waals surface area contributed by atoms with Crippen LogP contribution in [0.1, 0.15) is 25.0 Å². The van der Waals surface area contributed by atoms with Gasteiger partial charge in [-0.2, -0.15) is 0 Å². The SMILES string of the molecule is CC1(C)c2ccccc2-c2ccc(N(c3ccc(-c4ccccc4)cc3)c3ccc(-c4ccc5oc(=O)c6ccccc6c5c4)cc3)cc21. The third-order valence-electron chi connectivity index (χ3n) is 10.1. The predicted octanol–water partition coefficient (Wildman–Crippen LogP) is 12.1. The Balaban J connectivity index is 1.15. The van der Waals surface area contributed by atoms with Gasteiger partial charge in [0.1, 0.15) is 5.58 Å². The highest BCUT2D eigenvalue weighted by Crippen LogP contribution is 2.50.